The van der Waals surface area contributed by atoms with Gasteiger partial charge in [-0.1, -0.05) is 5.16 Å². The predicted molar refractivity (Wildman–Crippen MR) is 113 cm³/mol. The molecule has 0 bridgehead atoms. The molecule has 0 radical (unpaired) electrons. The first kappa shape index (κ1) is 31.2. The standard InChI is InChI=1S/C16H17N5O8S3.2Na/c17-16-18-6(4-32-16)9(20-29-3-8(23)24)12(25)19-10-13(26)21-11(15(27)28)7(30-2-1-22)5-31-14(10)21;;/h4,10,14,22H,1-3,5H2,(H2,17,18)(H,19,25)(H,23,24)(H,27,28);;/q;2*+1/p-2/b20-9+;;/t10-,14-;;/m1../s1. The van der Waals surface area contributed by atoms with Crippen molar-refractivity contribution in [2.24, 2.45) is 10.1 Å². The van der Waals surface area contributed by atoms with Crippen molar-refractivity contribution in [2.75, 3.05) is 30.5 Å². The number of carbonyl (C=O) groups is 3. The predicted octanol–water partition coefficient (Wildman–Crippen LogP) is -8.73. The Balaban J connectivity index is 0.00000289. The summed E-state index contributed by atoms with van der Waals surface area (Å²) in [6, 6.07) is -1.17. The maximum Gasteiger partial charge on any atom is 1.00 e. The van der Waals surface area contributed by atoms with Crippen LogP contribution in [0.1, 0.15) is 5.69 Å². The van der Waals surface area contributed by atoms with Crippen molar-refractivity contribution in [1.29, 1.82) is 0 Å². The zero-order chi connectivity index (χ0) is 23.4. The smallest absolute Gasteiger partial charge is 0.857 e. The number of thiazole rings is 1. The third-order valence-corrected chi connectivity index (χ3v) is 7.23. The number of aromatic nitrogens is 1. The molecule has 2 aliphatic rings. The summed E-state index contributed by atoms with van der Waals surface area (Å²) < 4.78 is 0. The van der Waals surface area contributed by atoms with E-state index in [0.717, 1.165) is 28.0 Å². The molecule has 1 amide bonds. The average Bonchev–Trinajstić information content (AvgIpc) is 3.17. The van der Waals surface area contributed by atoms with E-state index in [1.54, 1.807) is 0 Å². The van der Waals surface area contributed by atoms with Crippen LogP contribution in [-0.2, 0) is 19.2 Å². The molecule has 0 aromatic carbocycles. The number of nitrogens with zero attached hydrogens (tertiary/aromatic N) is 4. The number of amides is 1. The van der Waals surface area contributed by atoms with Gasteiger partial charge in [-0.2, -0.15) is 0 Å². The number of oxime groups is 1. The Morgan fingerprint density at radius 3 is 2.65 bits per heavy atom. The fourth-order valence-corrected chi connectivity index (χ4v) is 5.69. The second kappa shape index (κ2) is 14.1. The maximum absolute atomic E-state index is 12.7. The Morgan fingerprint density at radius 1 is 1.38 bits per heavy atom. The summed E-state index contributed by atoms with van der Waals surface area (Å²) in [4.78, 5) is 48.7. The summed E-state index contributed by atoms with van der Waals surface area (Å²) in [6.45, 7) is -1.08. The number of hydrogen-bond donors (Lipinski definition) is 3. The van der Waals surface area contributed by atoms with Gasteiger partial charge in [-0.15, -0.1) is 34.9 Å². The first-order valence-corrected chi connectivity index (χ1v) is 11.7. The molecular formula is C16H15N5Na2O8S3. The molecule has 3 rings (SSSR count). The van der Waals surface area contributed by atoms with E-state index in [4.69, 9.17) is 10.8 Å². The van der Waals surface area contributed by atoms with Crippen LogP contribution in [0.25, 0.3) is 0 Å². The molecule has 34 heavy (non-hydrogen) atoms. The number of fused-ring (bicyclic) bond motifs is 1. The van der Waals surface area contributed by atoms with Gasteiger partial charge in [0.15, 0.2) is 17.8 Å². The molecule has 0 aliphatic carbocycles. The summed E-state index contributed by atoms with van der Waals surface area (Å²) in [7, 11) is 0. The molecule has 3 heterocycles. The van der Waals surface area contributed by atoms with Gasteiger partial charge in [-0.3, -0.25) is 14.7 Å². The molecule has 4 N–H and O–H groups in total. The first-order valence-electron chi connectivity index (χ1n) is 8.75. The van der Waals surface area contributed by atoms with Crippen molar-refractivity contribution in [1.82, 2.24) is 9.88 Å². The van der Waals surface area contributed by atoms with Gasteiger partial charge < -0.3 is 35.8 Å². The Labute approximate surface area is 249 Å². The van der Waals surface area contributed by atoms with E-state index < -0.39 is 47.5 Å². The van der Waals surface area contributed by atoms with E-state index in [1.807, 2.05) is 0 Å². The number of carbonyl (C=O) groups excluding carboxylic acids is 2. The fraction of sp³-hybridized carbons (Fsp3) is 0.375. The van der Waals surface area contributed by atoms with E-state index >= 15 is 0 Å². The number of aliphatic carboxylic acids is 2. The number of carboxylic acid groups (broad SMARTS) is 2. The van der Waals surface area contributed by atoms with Crippen LogP contribution in [0.5, 0.6) is 0 Å². The minimum absolute atomic E-state index is 0. The van der Waals surface area contributed by atoms with Crippen LogP contribution in [0.15, 0.2) is 26.1 Å². The molecule has 0 spiro atoms. The number of hydrogen-bond acceptors (Lipinski definition) is 14. The SMILES string of the molecule is Nc1nc(/C(=N\OCC(=O)[O-])C([O-])=N[C@@H]2C(=O)N3C(C(=O)O)=C(SCCO)CS[C@H]23)cs1.[Na+].[Na+]. The van der Waals surface area contributed by atoms with E-state index in [9.17, 15) is 29.7 Å². The second-order valence-electron chi connectivity index (χ2n) is 6.09. The van der Waals surface area contributed by atoms with Crippen molar-refractivity contribution in [2.45, 2.75) is 11.4 Å². The molecule has 18 heteroatoms. The van der Waals surface area contributed by atoms with Crippen molar-refractivity contribution < 1.29 is 98.8 Å². The molecule has 2 aliphatic heterocycles. The first-order chi connectivity index (χ1) is 15.2. The number of nitrogen functional groups attached to an aromatic ring is 1. The largest absolute Gasteiger partial charge is 1.00 e. The maximum atomic E-state index is 12.7. The Bertz CT molecular complexity index is 1030. The summed E-state index contributed by atoms with van der Waals surface area (Å²) in [5, 5.41) is 46.0. The zero-order valence-electron chi connectivity index (χ0n) is 18.0. The van der Waals surface area contributed by atoms with Gasteiger partial charge in [0.1, 0.15) is 22.5 Å². The Morgan fingerprint density at radius 2 is 2.09 bits per heavy atom. The summed E-state index contributed by atoms with van der Waals surface area (Å²) in [6.07, 6.45) is 0. The number of aliphatic imine (C=N–C) groups is 1. The van der Waals surface area contributed by atoms with Crippen LogP contribution in [0.4, 0.5) is 5.13 Å². The normalized spacial score (nSPS) is 20.0. The minimum Gasteiger partial charge on any atom is -0.857 e. The van der Waals surface area contributed by atoms with Gasteiger partial charge in [0.05, 0.1) is 12.6 Å². The Kier molecular flexibility index (Phi) is 12.9. The number of carboxylic acids is 2. The van der Waals surface area contributed by atoms with Crippen LogP contribution in [0.3, 0.4) is 0 Å². The number of β-lactam (4-membered cyclic amide) rings is 1. The van der Waals surface area contributed by atoms with E-state index in [1.165, 1.54) is 17.1 Å². The number of thioether (sulfide) groups is 2. The van der Waals surface area contributed by atoms with Crippen molar-refractivity contribution in [3.05, 3.63) is 21.7 Å². The fourth-order valence-electron chi connectivity index (χ4n) is 2.76. The second-order valence-corrected chi connectivity index (χ2v) is 9.28. The number of nitrogens with two attached hydrogens (primary N) is 1. The molecule has 2 atom stereocenters. The van der Waals surface area contributed by atoms with Crippen LogP contribution in [0.2, 0.25) is 0 Å². The molecule has 13 nitrogen and oxygen atoms in total. The zero-order valence-corrected chi connectivity index (χ0v) is 24.4. The molecule has 1 fully saturated rings. The topological polar surface area (TPSA) is 214 Å². The quantitative estimate of drug-likeness (QED) is 0.0819. The van der Waals surface area contributed by atoms with E-state index in [0.29, 0.717) is 4.91 Å². The average molecular weight is 548 g/mol. The van der Waals surface area contributed by atoms with Gasteiger partial charge in [-0.05, 0) is 0 Å². The molecule has 172 valence electrons. The summed E-state index contributed by atoms with van der Waals surface area (Å²) in [5.74, 6) is -4.03. The Hall–Kier alpha value is -0.820. The van der Waals surface area contributed by atoms with Gasteiger partial charge in [0, 0.05) is 27.7 Å². The number of aliphatic hydroxyl groups is 1. The van der Waals surface area contributed by atoms with Crippen LogP contribution in [-0.4, -0.2) is 85.7 Å². The van der Waals surface area contributed by atoms with E-state index in [-0.39, 0.29) is 93.7 Å². The van der Waals surface area contributed by atoms with Gasteiger partial charge in [0.25, 0.3) is 5.91 Å². The number of anilines is 1. The van der Waals surface area contributed by atoms with Crippen LogP contribution >= 0.6 is 34.9 Å². The monoisotopic (exact) mass is 547 g/mol. The number of aliphatic hydroxyl groups excluding tert-OH is 1. The van der Waals surface area contributed by atoms with Crippen molar-refractivity contribution >= 4 is 69.4 Å². The third-order valence-electron chi connectivity index (χ3n) is 4.04. The van der Waals surface area contributed by atoms with Crippen LogP contribution in [0, 0.1) is 0 Å². The molecule has 0 unspecified atom stereocenters. The van der Waals surface area contributed by atoms with Crippen molar-refractivity contribution in [3.63, 3.8) is 0 Å². The number of rotatable bonds is 10. The molecule has 1 aromatic rings. The van der Waals surface area contributed by atoms with Gasteiger partial charge in [0.2, 0.25) is 0 Å². The van der Waals surface area contributed by atoms with Gasteiger partial charge in [-0.25, -0.2) is 9.78 Å². The van der Waals surface area contributed by atoms with Crippen LogP contribution < -0.4 is 75.1 Å². The third kappa shape index (κ3) is 7.11. The molecule has 0 saturated carbocycles. The minimum atomic E-state index is -1.57. The molecular weight excluding hydrogens is 532 g/mol. The summed E-state index contributed by atoms with van der Waals surface area (Å²) >= 11 is 3.35. The molecule has 1 aromatic heterocycles. The summed E-state index contributed by atoms with van der Waals surface area (Å²) in [5.41, 5.74) is 4.88. The van der Waals surface area contributed by atoms with Crippen molar-refractivity contribution in [3.8, 4) is 0 Å². The van der Waals surface area contributed by atoms with E-state index in [2.05, 4.69) is 20.0 Å². The molecule has 1 saturated heterocycles. The van der Waals surface area contributed by atoms with Gasteiger partial charge >= 0.3 is 65.1 Å².